The van der Waals surface area contributed by atoms with Crippen LogP contribution in [0.5, 0.6) is 0 Å². The van der Waals surface area contributed by atoms with E-state index in [0.717, 1.165) is 11.8 Å². The third-order valence-electron chi connectivity index (χ3n) is 2.45. The van der Waals surface area contributed by atoms with Crippen LogP contribution in [0.3, 0.4) is 0 Å². The molecule has 1 N–H and O–H groups in total. The van der Waals surface area contributed by atoms with E-state index in [-0.39, 0.29) is 17.1 Å². The molecule has 1 aromatic carbocycles. The molecule has 1 amide bonds. The van der Waals surface area contributed by atoms with Crippen molar-refractivity contribution in [1.29, 1.82) is 0 Å². The van der Waals surface area contributed by atoms with Crippen LogP contribution in [0, 0.1) is 10.1 Å². The zero-order chi connectivity index (χ0) is 14.6. The Kier molecular flexibility index (Phi) is 4.87. The minimum absolute atomic E-state index is 0.0542. The van der Waals surface area contributed by atoms with Crippen LogP contribution in [0.1, 0.15) is 6.92 Å². The van der Waals surface area contributed by atoms with Crippen LogP contribution >= 0.6 is 12.6 Å². The van der Waals surface area contributed by atoms with Gasteiger partial charge < -0.3 is 5.11 Å². The molecule has 0 radical (unpaired) electrons. The molecule has 1 aromatic rings. The summed E-state index contributed by atoms with van der Waals surface area (Å²) < 4.78 is 0. The summed E-state index contributed by atoms with van der Waals surface area (Å²) in [6.07, 6.45) is 0. The number of thiol groups is 1. The number of nitro benzene ring substituents is 1. The predicted molar refractivity (Wildman–Crippen MR) is 71.5 cm³/mol. The maximum absolute atomic E-state index is 11.6. The average Bonchev–Trinajstić information content (AvgIpc) is 2.34. The zero-order valence-corrected chi connectivity index (χ0v) is 10.9. The molecule has 0 saturated heterocycles. The van der Waals surface area contributed by atoms with Crippen molar-refractivity contribution in [2.75, 3.05) is 10.7 Å². The second kappa shape index (κ2) is 6.19. The molecule has 0 aliphatic rings. The summed E-state index contributed by atoms with van der Waals surface area (Å²) in [4.78, 5) is 33.9. The number of carbonyl (C=O) groups excluding carboxylic acids is 1. The lowest BCUT2D eigenvalue weighted by atomic mass is 10.2. The fourth-order valence-electron chi connectivity index (χ4n) is 1.65. The topological polar surface area (TPSA) is 101 Å². The van der Waals surface area contributed by atoms with Crippen LogP contribution in [0.25, 0.3) is 0 Å². The highest BCUT2D eigenvalue weighted by atomic mass is 32.1. The highest BCUT2D eigenvalue weighted by Crippen LogP contribution is 2.29. The van der Waals surface area contributed by atoms with Gasteiger partial charge in [-0.15, -0.1) is 0 Å². The Labute approximate surface area is 114 Å². The number of benzene rings is 1. The molecule has 0 aromatic heterocycles. The molecule has 0 aliphatic carbocycles. The summed E-state index contributed by atoms with van der Waals surface area (Å²) in [7, 11) is 0. The third kappa shape index (κ3) is 3.22. The SMILES string of the molecule is CC(=O)N(c1ccccc1[N+](=O)[O-])[C@@H](CS)C(=O)O. The first-order chi connectivity index (χ1) is 8.90. The maximum atomic E-state index is 11.6. The largest absolute Gasteiger partial charge is 0.480 e. The molecule has 0 fully saturated rings. The van der Waals surface area contributed by atoms with Crippen molar-refractivity contribution in [2.45, 2.75) is 13.0 Å². The summed E-state index contributed by atoms with van der Waals surface area (Å²) in [5.41, 5.74) is -0.382. The first-order valence-electron chi connectivity index (χ1n) is 5.27. The number of anilines is 1. The number of carboxylic acid groups (broad SMARTS) is 1. The molecule has 0 unspecified atom stereocenters. The van der Waals surface area contributed by atoms with E-state index in [9.17, 15) is 19.7 Å². The number of amides is 1. The monoisotopic (exact) mass is 284 g/mol. The number of rotatable bonds is 5. The Hall–Kier alpha value is -2.09. The molecule has 0 spiro atoms. The zero-order valence-electron chi connectivity index (χ0n) is 10.0. The summed E-state index contributed by atoms with van der Waals surface area (Å²) in [6.45, 7) is 1.15. The molecule has 19 heavy (non-hydrogen) atoms. The van der Waals surface area contributed by atoms with E-state index in [2.05, 4.69) is 12.6 Å². The van der Waals surface area contributed by atoms with Crippen LogP contribution < -0.4 is 4.90 Å². The van der Waals surface area contributed by atoms with Crippen molar-refractivity contribution >= 4 is 35.9 Å². The van der Waals surface area contributed by atoms with Gasteiger partial charge in [0.05, 0.1) is 4.92 Å². The smallest absolute Gasteiger partial charge is 0.327 e. The molecule has 0 aliphatic heterocycles. The van der Waals surface area contributed by atoms with Crippen molar-refractivity contribution in [3.05, 3.63) is 34.4 Å². The van der Waals surface area contributed by atoms with Crippen molar-refractivity contribution in [3.8, 4) is 0 Å². The Bertz CT molecular complexity index is 520. The van der Waals surface area contributed by atoms with Crippen LogP contribution in [0.15, 0.2) is 24.3 Å². The van der Waals surface area contributed by atoms with Gasteiger partial charge in [-0.2, -0.15) is 12.6 Å². The van der Waals surface area contributed by atoms with Crippen molar-refractivity contribution < 1.29 is 19.6 Å². The molecule has 1 rings (SSSR count). The molecular weight excluding hydrogens is 272 g/mol. The lowest BCUT2D eigenvalue weighted by Gasteiger charge is -2.26. The first-order valence-corrected chi connectivity index (χ1v) is 5.90. The van der Waals surface area contributed by atoms with Gasteiger partial charge in [-0.3, -0.25) is 19.8 Å². The number of nitrogens with zero attached hydrogens (tertiary/aromatic N) is 2. The number of carboxylic acids is 1. The second-order valence-corrected chi connectivity index (χ2v) is 4.04. The summed E-state index contributed by atoms with van der Waals surface area (Å²) >= 11 is 3.88. The second-order valence-electron chi connectivity index (χ2n) is 3.67. The Morgan fingerprint density at radius 3 is 2.47 bits per heavy atom. The number of aliphatic carboxylic acids is 1. The van der Waals surface area contributed by atoms with Crippen molar-refractivity contribution in [2.24, 2.45) is 0 Å². The van der Waals surface area contributed by atoms with Gasteiger partial charge in [0.25, 0.3) is 5.69 Å². The summed E-state index contributed by atoms with van der Waals surface area (Å²) in [5, 5.41) is 20.0. The van der Waals surface area contributed by atoms with Gasteiger partial charge in [-0.25, -0.2) is 4.79 Å². The van der Waals surface area contributed by atoms with E-state index in [0.29, 0.717) is 0 Å². The molecule has 7 nitrogen and oxygen atoms in total. The molecule has 0 heterocycles. The van der Waals surface area contributed by atoms with Gasteiger partial charge in [0, 0.05) is 18.7 Å². The number of carbonyl (C=O) groups is 2. The third-order valence-corrected chi connectivity index (χ3v) is 2.79. The van der Waals surface area contributed by atoms with Crippen LogP contribution in [-0.2, 0) is 9.59 Å². The van der Waals surface area contributed by atoms with E-state index in [1.54, 1.807) is 0 Å². The minimum atomic E-state index is -1.27. The summed E-state index contributed by atoms with van der Waals surface area (Å²) in [5.74, 6) is -2.03. The Morgan fingerprint density at radius 2 is 2.05 bits per heavy atom. The van der Waals surface area contributed by atoms with E-state index in [4.69, 9.17) is 5.11 Å². The molecule has 1 atom stereocenters. The number of para-hydroxylation sites is 2. The molecule has 0 saturated carbocycles. The van der Waals surface area contributed by atoms with Crippen molar-refractivity contribution in [3.63, 3.8) is 0 Å². The van der Waals surface area contributed by atoms with E-state index >= 15 is 0 Å². The maximum Gasteiger partial charge on any atom is 0.327 e. The lowest BCUT2D eigenvalue weighted by molar-refractivity contribution is -0.384. The highest BCUT2D eigenvalue weighted by Gasteiger charge is 2.32. The van der Waals surface area contributed by atoms with Gasteiger partial charge in [0.15, 0.2) is 0 Å². The normalized spacial score (nSPS) is 11.7. The minimum Gasteiger partial charge on any atom is -0.480 e. The molecule has 0 bridgehead atoms. The van der Waals surface area contributed by atoms with Crippen LogP contribution in [0.4, 0.5) is 11.4 Å². The number of nitro groups is 1. The highest BCUT2D eigenvalue weighted by molar-refractivity contribution is 7.80. The van der Waals surface area contributed by atoms with Gasteiger partial charge in [0.1, 0.15) is 11.7 Å². The van der Waals surface area contributed by atoms with E-state index in [1.807, 2.05) is 0 Å². The number of hydrogen-bond donors (Lipinski definition) is 2. The molecular formula is C11H12N2O5S. The quantitative estimate of drug-likeness (QED) is 0.482. The average molecular weight is 284 g/mol. The Balaban J connectivity index is 3.39. The van der Waals surface area contributed by atoms with E-state index < -0.39 is 22.8 Å². The summed E-state index contributed by atoms with van der Waals surface area (Å²) in [6, 6.07) is 4.22. The molecule has 8 heteroatoms. The Morgan fingerprint density at radius 1 is 1.47 bits per heavy atom. The van der Waals surface area contributed by atoms with Gasteiger partial charge >= 0.3 is 5.97 Å². The van der Waals surface area contributed by atoms with Gasteiger partial charge in [0.2, 0.25) is 5.91 Å². The van der Waals surface area contributed by atoms with E-state index in [1.165, 1.54) is 24.3 Å². The fraction of sp³-hybridized carbons (Fsp3) is 0.273. The van der Waals surface area contributed by atoms with Crippen LogP contribution in [0.2, 0.25) is 0 Å². The van der Waals surface area contributed by atoms with Gasteiger partial charge in [-0.05, 0) is 6.07 Å². The standard InChI is InChI=1S/C11H12N2O5S/c1-7(14)12(10(6-19)11(15)16)8-4-2-3-5-9(8)13(17)18/h2-5,10,19H,6H2,1H3,(H,15,16)/t10-/m0/s1. The van der Waals surface area contributed by atoms with Crippen LogP contribution in [-0.4, -0.2) is 33.7 Å². The first kappa shape index (κ1) is 15.0. The predicted octanol–water partition coefficient (Wildman–Crippen LogP) is 1.33. The van der Waals surface area contributed by atoms with Gasteiger partial charge in [-0.1, -0.05) is 12.1 Å². The molecule has 102 valence electrons. The number of hydrogen-bond acceptors (Lipinski definition) is 5. The lowest BCUT2D eigenvalue weighted by Crippen LogP contribution is -2.45. The fourth-order valence-corrected chi connectivity index (χ4v) is 1.97. The van der Waals surface area contributed by atoms with Crippen molar-refractivity contribution in [1.82, 2.24) is 0 Å².